The molecule has 43 heavy (non-hydrogen) atoms. The summed E-state index contributed by atoms with van der Waals surface area (Å²) >= 11 is 0. The molecule has 7 rings (SSSR count). The Morgan fingerprint density at radius 2 is 1.33 bits per heavy atom. The first-order valence-corrected chi connectivity index (χ1v) is 13.9. The van der Waals surface area contributed by atoms with Crippen LogP contribution in [-0.2, 0) is 26.6 Å². The maximum absolute atomic E-state index is 10.9. The van der Waals surface area contributed by atoms with Crippen LogP contribution in [0, 0.1) is 13.0 Å². The predicted octanol–water partition coefficient (Wildman–Crippen LogP) is 8.58. The van der Waals surface area contributed by atoms with E-state index in [-0.39, 0.29) is 26.8 Å². The summed E-state index contributed by atoms with van der Waals surface area (Å²) < 4.78 is 0. The molecule has 0 fully saturated rings. The van der Waals surface area contributed by atoms with Crippen molar-refractivity contribution >= 4 is 17.7 Å². The summed E-state index contributed by atoms with van der Waals surface area (Å²) in [6.07, 6.45) is 5.21. The second-order valence-corrected chi connectivity index (χ2v) is 10.3. The number of anilines is 2. The first kappa shape index (κ1) is 28.3. The molecule has 1 N–H and O–H groups in total. The van der Waals surface area contributed by atoms with Crippen LogP contribution in [0.1, 0.15) is 22.3 Å². The van der Waals surface area contributed by atoms with E-state index in [1.807, 2.05) is 84.6 Å². The van der Waals surface area contributed by atoms with Gasteiger partial charge in [-0.2, -0.15) is 0 Å². The summed E-state index contributed by atoms with van der Waals surface area (Å²) in [5.41, 5.74) is 8.54. The van der Waals surface area contributed by atoms with Crippen molar-refractivity contribution < 1.29 is 26.2 Å². The van der Waals surface area contributed by atoms with E-state index < -0.39 is 5.54 Å². The largest absolute Gasteiger partial charge is 2.00 e. The van der Waals surface area contributed by atoms with Gasteiger partial charge in [-0.25, -0.2) is 0 Å². The van der Waals surface area contributed by atoms with Gasteiger partial charge in [0.1, 0.15) is 5.54 Å². The van der Waals surface area contributed by atoms with E-state index in [0.29, 0.717) is 5.69 Å². The molecule has 0 radical (unpaired) electrons. The quantitative estimate of drug-likeness (QED) is 0.0808. The van der Waals surface area contributed by atoms with Gasteiger partial charge in [0.2, 0.25) is 0 Å². The topological polar surface area (TPSA) is 48.7 Å². The molecule has 0 aliphatic heterocycles. The number of aromatic nitrogens is 1. The molecule has 0 saturated carbocycles. The SMILES string of the molecule is Cc1ccccc1N([C-]=NC1(c2[c-]c(-c3ccccn3)ccc2)c2ccccc2-c2ccccc21)c1ccccc1O.[Pt+2]. The van der Waals surface area contributed by atoms with Crippen molar-refractivity contribution in [1.82, 2.24) is 4.98 Å². The number of benzene rings is 5. The Kier molecular flexibility index (Phi) is 7.80. The summed E-state index contributed by atoms with van der Waals surface area (Å²) in [7, 11) is 0. The van der Waals surface area contributed by atoms with Gasteiger partial charge in [0.25, 0.3) is 0 Å². The zero-order chi connectivity index (χ0) is 28.5. The van der Waals surface area contributed by atoms with E-state index >= 15 is 0 Å². The smallest absolute Gasteiger partial charge is 0.519 e. The average Bonchev–Trinajstić information content (AvgIpc) is 3.34. The number of hydrogen-bond donors (Lipinski definition) is 1. The van der Waals surface area contributed by atoms with Crippen molar-refractivity contribution in [3.63, 3.8) is 0 Å². The van der Waals surface area contributed by atoms with E-state index in [0.717, 1.165) is 50.3 Å². The van der Waals surface area contributed by atoms with Crippen molar-refractivity contribution in [1.29, 1.82) is 0 Å². The monoisotopic (exact) mass is 736 g/mol. The number of aryl methyl sites for hydroxylation is 1. The second kappa shape index (κ2) is 11.8. The molecule has 1 aromatic heterocycles. The number of aromatic hydroxyl groups is 1. The normalized spacial score (nSPS) is 12.8. The fourth-order valence-corrected chi connectivity index (χ4v) is 5.86. The zero-order valence-corrected chi connectivity index (χ0v) is 25.7. The number of aliphatic imine (C=N–C) groups is 1. The van der Waals surface area contributed by atoms with Gasteiger partial charge in [0, 0.05) is 12.5 Å². The third-order valence-corrected chi connectivity index (χ3v) is 7.85. The van der Waals surface area contributed by atoms with Gasteiger partial charge in [0.05, 0.1) is 5.75 Å². The molecule has 1 aliphatic rings. The van der Waals surface area contributed by atoms with Crippen LogP contribution in [0.5, 0.6) is 5.75 Å². The molecule has 5 aromatic carbocycles. The Labute approximate surface area is 266 Å². The molecule has 1 heterocycles. The molecular formula is C38H27N3OPt. The number of hydrogen-bond acceptors (Lipinski definition) is 3. The van der Waals surface area contributed by atoms with E-state index in [2.05, 4.69) is 72.0 Å². The van der Waals surface area contributed by atoms with Crippen molar-refractivity contribution in [2.24, 2.45) is 4.99 Å². The van der Waals surface area contributed by atoms with Crippen molar-refractivity contribution in [3.8, 4) is 28.1 Å². The number of phenolic OH excluding ortho intramolecular Hbond substituents is 1. The van der Waals surface area contributed by atoms with E-state index in [1.165, 1.54) is 0 Å². The first-order chi connectivity index (χ1) is 20.7. The van der Waals surface area contributed by atoms with Gasteiger partial charge in [0.15, 0.2) is 0 Å². The Hall–Kier alpha value is -4.79. The minimum atomic E-state index is -0.941. The van der Waals surface area contributed by atoms with Crippen LogP contribution in [0.25, 0.3) is 22.4 Å². The number of nitrogens with zero attached hydrogens (tertiary/aromatic N) is 3. The molecule has 6 aromatic rings. The third-order valence-electron chi connectivity index (χ3n) is 7.85. The van der Waals surface area contributed by atoms with E-state index in [9.17, 15) is 5.11 Å². The summed E-state index contributed by atoms with van der Waals surface area (Å²) in [6.45, 7) is 2.05. The van der Waals surface area contributed by atoms with Gasteiger partial charge in [-0.1, -0.05) is 120 Å². The van der Waals surface area contributed by atoms with Crippen LogP contribution in [0.3, 0.4) is 0 Å². The Morgan fingerprint density at radius 1 is 0.698 bits per heavy atom. The molecule has 1 aliphatic carbocycles. The maximum atomic E-state index is 10.9. The molecule has 0 bridgehead atoms. The molecule has 4 nitrogen and oxygen atoms in total. The van der Waals surface area contributed by atoms with Crippen molar-refractivity contribution in [2.75, 3.05) is 4.90 Å². The van der Waals surface area contributed by atoms with Gasteiger partial charge in [-0.3, -0.25) is 0 Å². The summed E-state index contributed by atoms with van der Waals surface area (Å²) in [5, 5.41) is 10.9. The number of pyridine rings is 1. The van der Waals surface area contributed by atoms with Crippen LogP contribution in [-0.4, -0.2) is 16.4 Å². The molecular weight excluding hydrogens is 710 g/mol. The van der Waals surface area contributed by atoms with Crippen LogP contribution in [0.2, 0.25) is 0 Å². The van der Waals surface area contributed by atoms with Gasteiger partial charge in [-0.15, -0.1) is 29.8 Å². The number of fused-ring (bicyclic) bond motifs is 3. The van der Waals surface area contributed by atoms with Gasteiger partial charge >= 0.3 is 21.1 Å². The summed E-state index contributed by atoms with van der Waals surface area (Å²) in [4.78, 5) is 11.8. The molecule has 210 valence electrons. The zero-order valence-electron chi connectivity index (χ0n) is 23.4. The van der Waals surface area contributed by atoms with Crippen molar-refractivity contribution in [3.05, 3.63) is 168 Å². The molecule has 0 saturated heterocycles. The van der Waals surface area contributed by atoms with Crippen LogP contribution in [0.4, 0.5) is 11.4 Å². The molecule has 0 spiro atoms. The minimum Gasteiger partial charge on any atom is -0.519 e. The van der Waals surface area contributed by atoms with E-state index in [4.69, 9.17) is 4.99 Å². The fourth-order valence-electron chi connectivity index (χ4n) is 5.86. The molecule has 0 atom stereocenters. The van der Waals surface area contributed by atoms with Crippen molar-refractivity contribution in [2.45, 2.75) is 12.5 Å². The number of rotatable bonds is 6. The fraction of sp³-hybridized carbons (Fsp3) is 0.0526. The van der Waals surface area contributed by atoms with Crippen LogP contribution >= 0.6 is 0 Å². The van der Waals surface area contributed by atoms with Crippen LogP contribution < -0.4 is 4.90 Å². The molecule has 5 heteroatoms. The van der Waals surface area contributed by atoms with E-state index in [1.54, 1.807) is 12.3 Å². The average molecular weight is 737 g/mol. The van der Waals surface area contributed by atoms with Crippen LogP contribution in [0.15, 0.2) is 145 Å². The predicted molar refractivity (Wildman–Crippen MR) is 169 cm³/mol. The Bertz CT molecular complexity index is 1840. The Balaban J connectivity index is 0.00000329. The summed E-state index contributed by atoms with van der Waals surface area (Å²) in [5.74, 6) is 0.147. The second-order valence-electron chi connectivity index (χ2n) is 10.3. The number of phenols is 1. The first-order valence-electron chi connectivity index (χ1n) is 13.9. The molecule has 0 amide bonds. The number of para-hydroxylation sites is 3. The Morgan fingerprint density at radius 3 is 2.00 bits per heavy atom. The standard InChI is InChI=1S/C38H27N3O.Pt/c1-27-13-2-7-21-35(27)41(36-22-8-9-23-37(36)42)26-40-38(29-15-12-14-28(25-29)34-20-10-11-24-39-34)32-18-5-3-16-30(32)31-17-4-6-19-33(31)38;/h2-24,42H,1H3;/q-2;+2. The third kappa shape index (κ3) is 4.88. The minimum absolute atomic E-state index is 0. The van der Waals surface area contributed by atoms with Gasteiger partial charge < -0.3 is 20.0 Å². The maximum Gasteiger partial charge on any atom is 2.00 e. The van der Waals surface area contributed by atoms with Gasteiger partial charge in [-0.05, 0) is 52.7 Å². The summed E-state index contributed by atoms with van der Waals surface area (Å²) in [6, 6.07) is 47.9. The molecule has 0 unspecified atom stereocenters.